The molecule has 1 N–H and O–H groups in total. The van der Waals surface area contributed by atoms with Gasteiger partial charge in [-0.2, -0.15) is 0 Å². The number of carbonyl (C=O) groups is 1. The molecule has 4 heteroatoms. The number of rotatable bonds is 4. The van der Waals surface area contributed by atoms with Gasteiger partial charge in [0.15, 0.2) is 0 Å². The summed E-state index contributed by atoms with van der Waals surface area (Å²) in [6.07, 6.45) is 1.87. The summed E-state index contributed by atoms with van der Waals surface area (Å²) in [6.45, 7) is 4.15. The Labute approximate surface area is 159 Å². The Balaban J connectivity index is 1.96. The maximum absolute atomic E-state index is 13.1. The molecule has 25 heavy (non-hydrogen) atoms. The first-order valence-electron chi connectivity index (χ1n) is 8.82. The minimum atomic E-state index is -0.0683. The molecule has 2 aromatic carbocycles. The van der Waals surface area contributed by atoms with Crippen molar-refractivity contribution in [2.75, 3.05) is 0 Å². The van der Waals surface area contributed by atoms with E-state index >= 15 is 0 Å². The van der Waals surface area contributed by atoms with Crippen molar-refractivity contribution in [3.63, 3.8) is 0 Å². The fourth-order valence-corrected chi connectivity index (χ4v) is 4.05. The number of nitrogens with one attached hydrogen (secondary N) is 1. The molecule has 1 aliphatic rings. The topological polar surface area (TPSA) is 29.1 Å². The highest BCUT2D eigenvalue weighted by Gasteiger charge is 2.41. The average Bonchev–Trinajstić information content (AvgIpc) is 2.61. The number of Topliss-reactive ketones (excluding diaryl/α,β-unsaturated/α-hetero) is 1. The first-order valence-corrected chi connectivity index (χ1v) is 9.57. The number of benzene rings is 2. The van der Waals surface area contributed by atoms with Crippen LogP contribution in [0.2, 0.25) is 10.0 Å². The van der Waals surface area contributed by atoms with Crippen LogP contribution in [0, 0.1) is 11.8 Å². The molecule has 4 atom stereocenters. The first-order chi connectivity index (χ1) is 12.0. The summed E-state index contributed by atoms with van der Waals surface area (Å²) in [6, 6.07) is 15.6. The Bertz CT molecular complexity index is 727. The van der Waals surface area contributed by atoms with E-state index in [-0.39, 0.29) is 23.9 Å². The minimum Gasteiger partial charge on any atom is -0.302 e. The first kappa shape index (κ1) is 18.4. The normalized spacial score (nSPS) is 26.6. The van der Waals surface area contributed by atoms with E-state index in [1.165, 1.54) is 0 Å². The lowest BCUT2D eigenvalue weighted by Gasteiger charge is -2.41. The standard InChI is InChI=1S/C21H23Cl2NO/c1-3-4-18-20(15-7-11-17(23)12-8-15)24-19(13(2)21(18)25)14-5-9-16(22)10-6-14/h5-13,18-20,24H,3-4H2,1-2H3/t13-,18+,19-,20-/m1/s1. The van der Waals surface area contributed by atoms with E-state index in [0.717, 1.165) is 24.0 Å². The Morgan fingerprint density at radius 3 is 1.84 bits per heavy atom. The molecule has 0 bridgehead atoms. The molecule has 2 aromatic rings. The Kier molecular flexibility index (Phi) is 5.83. The highest BCUT2D eigenvalue weighted by atomic mass is 35.5. The molecule has 0 unspecified atom stereocenters. The van der Waals surface area contributed by atoms with Gasteiger partial charge in [0.25, 0.3) is 0 Å². The van der Waals surface area contributed by atoms with Crippen molar-refractivity contribution < 1.29 is 4.79 Å². The molecule has 1 saturated heterocycles. The molecule has 1 aliphatic heterocycles. The van der Waals surface area contributed by atoms with Gasteiger partial charge in [-0.25, -0.2) is 0 Å². The van der Waals surface area contributed by atoms with Crippen molar-refractivity contribution in [3.8, 4) is 0 Å². The number of halogens is 2. The van der Waals surface area contributed by atoms with Gasteiger partial charge in [-0.15, -0.1) is 0 Å². The average molecular weight is 376 g/mol. The van der Waals surface area contributed by atoms with Crippen LogP contribution in [0.3, 0.4) is 0 Å². The van der Waals surface area contributed by atoms with Gasteiger partial charge in [0.1, 0.15) is 5.78 Å². The highest BCUT2D eigenvalue weighted by molar-refractivity contribution is 6.30. The second-order valence-electron chi connectivity index (χ2n) is 6.81. The second kappa shape index (κ2) is 7.90. The van der Waals surface area contributed by atoms with E-state index in [0.29, 0.717) is 15.8 Å². The molecule has 0 spiro atoms. The van der Waals surface area contributed by atoms with Crippen molar-refractivity contribution in [2.45, 2.75) is 38.8 Å². The summed E-state index contributed by atoms with van der Waals surface area (Å²) >= 11 is 12.1. The van der Waals surface area contributed by atoms with Gasteiger partial charge in [-0.1, -0.05) is 67.7 Å². The summed E-state index contributed by atoms with van der Waals surface area (Å²) in [5.74, 6) is 0.256. The minimum absolute atomic E-state index is 0.00148. The van der Waals surface area contributed by atoms with Gasteiger partial charge in [0, 0.05) is 34.0 Å². The fourth-order valence-electron chi connectivity index (χ4n) is 3.79. The van der Waals surface area contributed by atoms with Crippen molar-refractivity contribution >= 4 is 29.0 Å². The lowest BCUT2D eigenvalue weighted by atomic mass is 9.74. The molecule has 0 saturated carbocycles. The van der Waals surface area contributed by atoms with Crippen LogP contribution in [0.25, 0.3) is 0 Å². The Morgan fingerprint density at radius 1 is 0.880 bits per heavy atom. The van der Waals surface area contributed by atoms with Crippen molar-refractivity contribution in [2.24, 2.45) is 11.8 Å². The third-order valence-electron chi connectivity index (χ3n) is 5.13. The molecule has 0 aromatic heterocycles. The van der Waals surface area contributed by atoms with Crippen LogP contribution in [0.5, 0.6) is 0 Å². The summed E-state index contributed by atoms with van der Waals surface area (Å²) in [5.41, 5.74) is 2.21. The van der Waals surface area contributed by atoms with Gasteiger partial charge >= 0.3 is 0 Å². The van der Waals surface area contributed by atoms with E-state index in [1.54, 1.807) is 0 Å². The highest BCUT2D eigenvalue weighted by Crippen LogP contribution is 2.40. The third-order valence-corrected chi connectivity index (χ3v) is 5.64. The van der Waals surface area contributed by atoms with E-state index < -0.39 is 0 Å². The summed E-state index contributed by atoms with van der Waals surface area (Å²) < 4.78 is 0. The smallest absolute Gasteiger partial charge is 0.142 e. The molecule has 1 heterocycles. The van der Waals surface area contributed by atoms with Gasteiger partial charge in [0.05, 0.1) is 0 Å². The molecule has 132 valence electrons. The zero-order valence-electron chi connectivity index (χ0n) is 14.5. The molecular weight excluding hydrogens is 353 g/mol. The molecule has 2 nitrogen and oxygen atoms in total. The molecule has 0 aliphatic carbocycles. The Morgan fingerprint density at radius 2 is 1.36 bits per heavy atom. The second-order valence-corrected chi connectivity index (χ2v) is 7.68. The van der Waals surface area contributed by atoms with Crippen LogP contribution >= 0.6 is 23.2 Å². The molecule has 1 fully saturated rings. The zero-order valence-corrected chi connectivity index (χ0v) is 16.0. The lowest BCUT2D eigenvalue weighted by molar-refractivity contribution is -0.131. The van der Waals surface area contributed by atoms with Crippen molar-refractivity contribution in [1.29, 1.82) is 0 Å². The van der Waals surface area contributed by atoms with Gasteiger partial charge in [0.2, 0.25) is 0 Å². The zero-order chi connectivity index (χ0) is 18.0. The maximum atomic E-state index is 13.1. The van der Waals surface area contributed by atoms with Crippen molar-refractivity contribution in [3.05, 3.63) is 69.7 Å². The SMILES string of the molecule is CCC[C@@H]1C(=O)[C@H](C)[C@H](c2ccc(Cl)cc2)N[C@@H]1c1ccc(Cl)cc1. The molecule has 0 amide bonds. The predicted octanol–water partition coefficient (Wildman–Crippen LogP) is 6.00. The molecule has 3 rings (SSSR count). The van der Waals surface area contributed by atoms with Crippen LogP contribution in [0.15, 0.2) is 48.5 Å². The number of piperidine rings is 1. The fraction of sp³-hybridized carbons (Fsp3) is 0.381. The van der Waals surface area contributed by atoms with E-state index in [9.17, 15) is 4.79 Å². The largest absolute Gasteiger partial charge is 0.302 e. The number of ketones is 1. The maximum Gasteiger partial charge on any atom is 0.142 e. The number of hydrogen-bond acceptors (Lipinski definition) is 2. The monoisotopic (exact) mass is 375 g/mol. The summed E-state index contributed by atoms with van der Waals surface area (Å²) in [7, 11) is 0. The summed E-state index contributed by atoms with van der Waals surface area (Å²) in [4.78, 5) is 13.1. The van der Waals surface area contributed by atoms with E-state index in [4.69, 9.17) is 23.2 Å². The van der Waals surface area contributed by atoms with Gasteiger partial charge < -0.3 is 5.32 Å². The van der Waals surface area contributed by atoms with Crippen LogP contribution in [-0.2, 0) is 4.79 Å². The molecular formula is C21H23Cl2NO. The number of hydrogen-bond donors (Lipinski definition) is 1. The predicted molar refractivity (Wildman–Crippen MR) is 104 cm³/mol. The van der Waals surface area contributed by atoms with Crippen LogP contribution in [0.1, 0.15) is 49.9 Å². The quantitative estimate of drug-likeness (QED) is 0.709. The summed E-state index contributed by atoms with van der Waals surface area (Å²) in [5, 5.41) is 5.15. The van der Waals surface area contributed by atoms with E-state index in [1.807, 2.05) is 55.5 Å². The van der Waals surface area contributed by atoms with Crippen LogP contribution in [0.4, 0.5) is 0 Å². The molecule has 0 radical (unpaired) electrons. The Hall–Kier alpha value is -1.35. The van der Waals surface area contributed by atoms with Crippen LogP contribution in [-0.4, -0.2) is 5.78 Å². The van der Waals surface area contributed by atoms with Crippen LogP contribution < -0.4 is 5.32 Å². The lowest BCUT2D eigenvalue weighted by Crippen LogP contribution is -2.47. The van der Waals surface area contributed by atoms with Gasteiger partial charge in [-0.3, -0.25) is 4.79 Å². The number of carbonyl (C=O) groups excluding carboxylic acids is 1. The van der Waals surface area contributed by atoms with E-state index in [2.05, 4.69) is 12.2 Å². The van der Waals surface area contributed by atoms with Gasteiger partial charge in [-0.05, 0) is 41.8 Å². The third kappa shape index (κ3) is 3.92. The van der Waals surface area contributed by atoms with Crippen molar-refractivity contribution in [1.82, 2.24) is 5.32 Å².